The zero-order valence-electron chi connectivity index (χ0n) is 18.2. The number of aryl methyl sites for hydroxylation is 1. The third kappa shape index (κ3) is 5.08. The van der Waals surface area contributed by atoms with E-state index in [-0.39, 0.29) is 11.9 Å². The number of hydrogen-bond acceptors (Lipinski definition) is 7. The molecule has 5 nitrogen and oxygen atoms in total. The second kappa shape index (κ2) is 10.5. The number of pyridine rings is 1. The lowest BCUT2D eigenvalue weighted by Gasteiger charge is -2.39. The van der Waals surface area contributed by atoms with E-state index in [1.165, 1.54) is 11.8 Å². The second-order valence-electron chi connectivity index (χ2n) is 7.69. The minimum atomic E-state index is -0.794. The van der Waals surface area contributed by atoms with E-state index in [2.05, 4.69) is 11.1 Å². The fraction of sp³-hybridized carbons (Fsp3) is 0.458. The Bertz CT molecular complexity index is 975. The van der Waals surface area contributed by atoms with Crippen LogP contribution in [0.4, 0.5) is 0 Å². The molecule has 1 N–H and O–H groups in total. The van der Waals surface area contributed by atoms with Crippen LogP contribution in [-0.2, 0) is 4.74 Å². The zero-order valence-corrected chi connectivity index (χ0v) is 19.8. The number of esters is 1. The second-order valence-corrected chi connectivity index (χ2v) is 9.69. The van der Waals surface area contributed by atoms with Crippen LogP contribution >= 0.6 is 23.5 Å². The standard InChI is InChI=1S/C24H28N2O3S2/c1-4-29-23(27)20-16(2)26-22(18(14-25)21(20)17-10-6-5-7-11-17)31-15-24(28)13-9-8-12-19(24)30-3/h5-7,10-11,19,28H,4,8-9,12-13,15H2,1-3H3/t19-,24+/m0/s1. The Morgan fingerprint density at radius 3 is 2.74 bits per heavy atom. The van der Waals surface area contributed by atoms with E-state index >= 15 is 0 Å². The number of ether oxygens (including phenoxy) is 1. The number of nitriles is 1. The van der Waals surface area contributed by atoms with Gasteiger partial charge in [0.15, 0.2) is 0 Å². The van der Waals surface area contributed by atoms with Crippen LogP contribution in [0.15, 0.2) is 35.4 Å². The Labute approximate surface area is 192 Å². The monoisotopic (exact) mass is 456 g/mol. The summed E-state index contributed by atoms with van der Waals surface area (Å²) < 4.78 is 5.27. The number of benzene rings is 1. The van der Waals surface area contributed by atoms with Crippen molar-refractivity contribution in [1.29, 1.82) is 5.26 Å². The molecule has 0 saturated heterocycles. The molecule has 0 unspecified atom stereocenters. The predicted octanol–water partition coefficient (Wildman–Crippen LogP) is 5.23. The first kappa shape index (κ1) is 23.6. The highest BCUT2D eigenvalue weighted by Gasteiger charge is 2.39. The summed E-state index contributed by atoms with van der Waals surface area (Å²) >= 11 is 3.11. The molecule has 0 spiro atoms. The normalized spacial score (nSPS) is 20.8. The lowest BCUT2D eigenvalue weighted by atomic mass is 9.86. The molecule has 7 heteroatoms. The number of thioether (sulfide) groups is 2. The molecule has 0 radical (unpaired) electrons. The van der Waals surface area contributed by atoms with Crippen LogP contribution in [0.3, 0.4) is 0 Å². The number of aliphatic hydroxyl groups is 1. The number of rotatable bonds is 7. The molecular formula is C24H28N2O3S2. The quantitative estimate of drug-likeness (QED) is 0.451. The van der Waals surface area contributed by atoms with Gasteiger partial charge in [0.1, 0.15) is 11.1 Å². The van der Waals surface area contributed by atoms with Crippen LogP contribution in [0.25, 0.3) is 11.1 Å². The van der Waals surface area contributed by atoms with Crippen LogP contribution in [-0.4, -0.2) is 45.5 Å². The van der Waals surface area contributed by atoms with E-state index in [0.29, 0.717) is 33.2 Å². The fourth-order valence-corrected chi connectivity index (χ4v) is 6.49. The van der Waals surface area contributed by atoms with Crippen molar-refractivity contribution in [1.82, 2.24) is 4.98 Å². The Morgan fingerprint density at radius 2 is 2.10 bits per heavy atom. The van der Waals surface area contributed by atoms with Gasteiger partial charge in [0.05, 0.1) is 29.0 Å². The summed E-state index contributed by atoms with van der Waals surface area (Å²) in [4.78, 5) is 17.4. The van der Waals surface area contributed by atoms with Gasteiger partial charge in [0.25, 0.3) is 0 Å². The van der Waals surface area contributed by atoms with Crippen LogP contribution in [0.5, 0.6) is 0 Å². The lowest BCUT2D eigenvalue weighted by molar-refractivity contribution is 0.0340. The lowest BCUT2D eigenvalue weighted by Crippen LogP contribution is -2.45. The van der Waals surface area contributed by atoms with Crippen molar-refractivity contribution in [2.24, 2.45) is 0 Å². The Kier molecular flexibility index (Phi) is 8.04. The summed E-state index contributed by atoms with van der Waals surface area (Å²) in [6.07, 6.45) is 5.91. The SMILES string of the molecule is CCOC(=O)c1c(C)nc(SC[C@]2(O)CCCC[C@@H]2SC)c(C#N)c1-c1ccccc1. The summed E-state index contributed by atoms with van der Waals surface area (Å²) in [5.74, 6) is -0.0140. The minimum Gasteiger partial charge on any atom is -0.462 e. The predicted molar refractivity (Wildman–Crippen MR) is 127 cm³/mol. The first-order valence-corrected chi connectivity index (χ1v) is 12.8. The average molecular weight is 457 g/mol. The molecule has 3 rings (SSSR count). The third-order valence-corrected chi connectivity index (χ3v) is 8.12. The van der Waals surface area contributed by atoms with Gasteiger partial charge in [-0.05, 0) is 38.5 Å². The van der Waals surface area contributed by atoms with Crippen LogP contribution in [0.1, 0.15) is 54.2 Å². The van der Waals surface area contributed by atoms with Gasteiger partial charge in [0, 0.05) is 16.6 Å². The molecule has 164 valence electrons. The maximum Gasteiger partial charge on any atom is 0.340 e. The molecule has 0 amide bonds. The Hall–Kier alpha value is -2.01. The first-order chi connectivity index (χ1) is 14.9. The van der Waals surface area contributed by atoms with Gasteiger partial charge in [-0.25, -0.2) is 9.78 Å². The molecule has 1 aromatic heterocycles. The maximum atomic E-state index is 12.8. The van der Waals surface area contributed by atoms with Gasteiger partial charge in [-0.2, -0.15) is 17.0 Å². The van der Waals surface area contributed by atoms with Gasteiger partial charge in [-0.1, -0.05) is 43.2 Å². The molecule has 1 aromatic carbocycles. The van der Waals surface area contributed by atoms with E-state index in [1.54, 1.807) is 25.6 Å². The number of aromatic nitrogens is 1. The smallest absolute Gasteiger partial charge is 0.340 e. The topological polar surface area (TPSA) is 83.2 Å². The summed E-state index contributed by atoms with van der Waals surface area (Å²) in [5, 5.41) is 22.1. The number of hydrogen-bond donors (Lipinski definition) is 1. The molecule has 0 bridgehead atoms. The van der Waals surface area contributed by atoms with E-state index in [0.717, 1.165) is 31.2 Å². The minimum absolute atomic E-state index is 0.174. The number of carbonyl (C=O) groups excluding carboxylic acids is 1. The molecular weight excluding hydrogens is 428 g/mol. The van der Waals surface area contributed by atoms with Crippen molar-refractivity contribution < 1.29 is 14.6 Å². The Morgan fingerprint density at radius 1 is 1.35 bits per heavy atom. The number of nitrogens with zero attached hydrogens (tertiary/aromatic N) is 2. The van der Waals surface area contributed by atoms with E-state index in [4.69, 9.17) is 4.74 Å². The highest BCUT2D eigenvalue weighted by atomic mass is 32.2. The van der Waals surface area contributed by atoms with Gasteiger partial charge in [-0.15, -0.1) is 11.8 Å². The summed E-state index contributed by atoms with van der Waals surface area (Å²) in [5.41, 5.74) is 1.73. The molecule has 1 saturated carbocycles. The van der Waals surface area contributed by atoms with Crippen molar-refractivity contribution in [3.05, 3.63) is 47.2 Å². The molecule has 0 aliphatic heterocycles. The maximum absolute atomic E-state index is 12.8. The van der Waals surface area contributed by atoms with Crippen molar-refractivity contribution in [2.75, 3.05) is 18.6 Å². The molecule has 1 aliphatic rings. The number of carbonyl (C=O) groups is 1. The van der Waals surface area contributed by atoms with Crippen molar-refractivity contribution in [3.8, 4) is 17.2 Å². The molecule has 1 fully saturated rings. The summed E-state index contributed by atoms with van der Waals surface area (Å²) in [6.45, 7) is 3.77. The molecule has 1 aliphatic carbocycles. The van der Waals surface area contributed by atoms with Crippen molar-refractivity contribution >= 4 is 29.5 Å². The molecule has 31 heavy (non-hydrogen) atoms. The Balaban J connectivity index is 2.07. The molecule has 2 atom stereocenters. The highest BCUT2D eigenvalue weighted by Crippen LogP contribution is 2.41. The van der Waals surface area contributed by atoms with Crippen LogP contribution in [0, 0.1) is 18.3 Å². The third-order valence-electron chi connectivity index (χ3n) is 5.67. The fourth-order valence-electron chi connectivity index (χ4n) is 4.12. The van der Waals surface area contributed by atoms with Crippen LogP contribution in [0.2, 0.25) is 0 Å². The van der Waals surface area contributed by atoms with Crippen molar-refractivity contribution in [3.63, 3.8) is 0 Å². The van der Waals surface area contributed by atoms with Gasteiger partial charge >= 0.3 is 5.97 Å². The first-order valence-electron chi connectivity index (χ1n) is 10.5. The van der Waals surface area contributed by atoms with Crippen LogP contribution < -0.4 is 0 Å². The van der Waals surface area contributed by atoms with Crippen molar-refractivity contribution in [2.45, 2.75) is 55.4 Å². The van der Waals surface area contributed by atoms with Gasteiger partial charge < -0.3 is 9.84 Å². The van der Waals surface area contributed by atoms with Gasteiger partial charge in [-0.3, -0.25) is 0 Å². The van der Waals surface area contributed by atoms with E-state index in [9.17, 15) is 15.2 Å². The highest BCUT2D eigenvalue weighted by molar-refractivity contribution is 8.00. The molecule has 2 aromatic rings. The average Bonchev–Trinajstić information content (AvgIpc) is 2.78. The summed E-state index contributed by atoms with van der Waals surface area (Å²) in [7, 11) is 0. The summed E-state index contributed by atoms with van der Waals surface area (Å²) in [6, 6.07) is 11.7. The zero-order chi connectivity index (χ0) is 22.4. The van der Waals surface area contributed by atoms with E-state index < -0.39 is 11.6 Å². The largest absolute Gasteiger partial charge is 0.462 e. The van der Waals surface area contributed by atoms with Gasteiger partial charge in [0.2, 0.25) is 0 Å². The van der Waals surface area contributed by atoms with E-state index in [1.807, 2.05) is 36.6 Å². The molecule has 1 heterocycles.